The van der Waals surface area contributed by atoms with Gasteiger partial charge in [-0.3, -0.25) is 14.3 Å². The Morgan fingerprint density at radius 3 is 2.35 bits per heavy atom. The molecule has 23 heavy (non-hydrogen) atoms. The Kier molecular flexibility index (Phi) is 5.12. The second-order valence-corrected chi connectivity index (χ2v) is 6.84. The monoisotopic (exact) mass is 321 g/mol. The molecule has 2 rings (SSSR count). The molecule has 2 atom stereocenters. The summed E-state index contributed by atoms with van der Waals surface area (Å²) in [5.74, 6) is -1.50. The molecule has 0 aliphatic heterocycles. The smallest absolute Gasteiger partial charge is 0.308 e. The van der Waals surface area contributed by atoms with Gasteiger partial charge in [0.1, 0.15) is 0 Å². The molecular formula is C17H27N3O3. The van der Waals surface area contributed by atoms with Crippen molar-refractivity contribution in [3.8, 4) is 0 Å². The number of aryl methyl sites for hydroxylation is 2. The molecule has 1 saturated carbocycles. The number of carboxylic acids is 1. The fourth-order valence-electron chi connectivity index (χ4n) is 2.97. The van der Waals surface area contributed by atoms with Crippen molar-refractivity contribution in [1.29, 1.82) is 0 Å². The van der Waals surface area contributed by atoms with E-state index in [-0.39, 0.29) is 17.9 Å². The van der Waals surface area contributed by atoms with Crippen molar-refractivity contribution >= 4 is 11.9 Å². The molecule has 1 aliphatic rings. The Morgan fingerprint density at radius 1 is 1.30 bits per heavy atom. The van der Waals surface area contributed by atoms with E-state index >= 15 is 0 Å². The Labute approximate surface area is 137 Å². The van der Waals surface area contributed by atoms with Gasteiger partial charge < -0.3 is 10.0 Å². The molecule has 0 unspecified atom stereocenters. The van der Waals surface area contributed by atoms with Gasteiger partial charge in [-0.15, -0.1) is 0 Å². The number of hydrogen-bond acceptors (Lipinski definition) is 3. The number of nitrogens with zero attached hydrogens (tertiary/aromatic N) is 3. The average molecular weight is 321 g/mol. The summed E-state index contributed by atoms with van der Waals surface area (Å²) in [6.45, 7) is 7.86. The Balaban J connectivity index is 2.08. The summed E-state index contributed by atoms with van der Waals surface area (Å²) in [7, 11) is 1.91. The number of aliphatic carboxylic acids is 1. The van der Waals surface area contributed by atoms with E-state index in [2.05, 4.69) is 5.10 Å². The number of carboxylic acid groups (broad SMARTS) is 1. The molecule has 1 aromatic rings. The average Bonchev–Trinajstić information content (AvgIpc) is 3.28. The van der Waals surface area contributed by atoms with E-state index in [1.807, 2.05) is 32.5 Å². The van der Waals surface area contributed by atoms with E-state index in [9.17, 15) is 9.59 Å². The van der Waals surface area contributed by atoms with Gasteiger partial charge >= 0.3 is 5.97 Å². The highest BCUT2D eigenvalue weighted by Gasteiger charge is 2.36. The predicted molar refractivity (Wildman–Crippen MR) is 87.1 cm³/mol. The van der Waals surface area contributed by atoms with Crippen LogP contribution in [0.1, 0.15) is 43.6 Å². The Bertz CT molecular complexity index is 604. The predicted octanol–water partition coefficient (Wildman–Crippen LogP) is 1.93. The molecule has 6 heteroatoms. The molecule has 1 N–H and O–H groups in total. The standard InChI is InChI=1S/C17H27N3O3/c1-10(8-15-12(3)18-19(5)13(15)4)16(21)20(14-6-7-14)9-11(2)17(22)23/h10-11,14H,6-9H2,1-5H3,(H,22,23)/t10-,11-/m1/s1. The van der Waals surface area contributed by atoms with Crippen LogP contribution in [-0.2, 0) is 23.1 Å². The zero-order valence-corrected chi connectivity index (χ0v) is 14.7. The number of aromatic nitrogens is 2. The van der Waals surface area contributed by atoms with Crippen molar-refractivity contribution in [3.63, 3.8) is 0 Å². The van der Waals surface area contributed by atoms with Crippen LogP contribution in [0.4, 0.5) is 0 Å². The number of carbonyl (C=O) groups excluding carboxylic acids is 1. The maximum atomic E-state index is 12.8. The quantitative estimate of drug-likeness (QED) is 0.832. The molecule has 1 aliphatic carbocycles. The third-order valence-corrected chi connectivity index (χ3v) is 4.75. The van der Waals surface area contributed by atoms with Crippen molar-refractivity contribution < 1.29 is 14.7 Å². The lowest BCUT2D eigenvalue weighted by atomic mass is 9.97. The SMILES string of the molecule is Cc1nn(C)c(C)c1C[C@@H](C)C(=O)N(C[C@@H](C)C(=O)O)C1CC1. The number of carbonyl (C=O) groups is 2. The van der Waals surface area contributed by atoms with Gasteiger partial charge in [0, 0.05) is 31.2 Å². The van der Waals surface area contributed by atoms with Crippen LogP contribution < -0.4 is 0 Å². The summed E-state index contributed by atoms with van der Waals surface area (Å²) in [4.78, 5) is 25.7. The van der Waals surface area contributed by atoms with Crippen molar-refractivity contribution in [1.82, 2.24) is 14.7 Å². The van der Waals surface area contributed by atoms with E-state index < -0.39 is 11.9 Å². The first-order chi connectivity index (χ1) is 10.7. The fourth-order valence-corrected chi connectivity index (χ4v) is 2.97. The summed E-state index contributed by atoms with van der Waals surface area (Å²) < 4.78 is 1.84. The Hall–Kier alpha value is -1.85. The molecule has 0 aromatic carbocycles. The largest absolute Gasteiger partial charge is 0.481 e. The number of rotatable bonds is 7. The van der Waals surface area contributed by atoms with Gasteiger partial charge in [-0.05, 0) is 38.7 Å². The van der Waals surface area contributed by atoms with Gasteiger partial charge in [0.05, 0.1) is 11.6 Å². The molecule has 1 aromatic heterocycles. The van der Waals surface area contributed by atoms with Gasteiger partial charge in [-0.2, -0.15) is 5.10 Å². The maximum absolute atomic E-state index is 12.8. The molecule has 0 radical (unpaired) electrons. The van der Waals surface area contributed by atoms with Crippen LogP contribution in [0.15, 0.2) is 0 Å². The maximum Gasteiger partial charge on any atom is 0.308 e. The molecule has 1 fully saturated rings. The highest BCUT2D eigenvalue weighted by Crippen LogP contribution is 2.30. The zero-order valence-electron chi connectivity index (χ0n) is 14.7. The summed E-state index contributed by atoms with van der Waals surface area (Å²) >= 11 is 0. The van der Waals surface area contributed by atoms with Gasteiger partial charge in [-0.25, -0.2) is 0 Å². The third-order valence-electron chi connectivity index (χ3n) is 4.75. The minimum absolute atomic E-state index is 0.0586. The molecule has 6 nitrogen and oxygen atoms in total. The molecular weight excluding hydrogens is 294 g/mol. The van der Waals surface area contributed by atoms with E-state index in [4.69, 9.17) is 5.11 Å². The highest BCUT2D eigenvalue weighted by molar-refractivity contribution is 5.80. The van der Waals surface area contributed by atoms with E-state index in [1.165, 1.54) is 0 Å². The van der Waals surface area contributed by atoms with Gasteiger partial charge in [0.25, 0.3) is 0 Å². The van der Waals surface area contributed by atoms with E-state index in [0.29, 0.717) is 13.0 Å². The van der Waals surface area contributed by atoms with Crippen LogP contribution in [0.5, 0.6) is 0 Å². The molecule has 0 saturated heterocycles. The molecule has 1 heterocycles. The van der Waals surface area contributed by atoms with Crippen molar-refractivity contribution in [2.45, 2.75) is 53.0 Å². The van der Waals surface area contributed by atoms with Crippen molar-refractivity contribution in [3.05, 3.63) is 17.0 Å². The van der Waals surface area contributed by atoms with Crippen LogP contribution in [0.3, 0.4) is 0 Å². The van der Waals surface area contributed by atoms with Gasteiger partial charge in [0.15, 0.2) is 0 Å². The second kappa shape index (κ2) is 6.72. The van der Waals surface area contributed by atoms with Crippen LogP contribution in [0.25, 0.3) is 0 Å². The minimum Gasteiger partial charge on any atom is -0.481 e. The molecule has 128 valence electrons. The highest BCUT2D eigenvalue weighted by atomic mass is 16.4. The third kappa shape index (κ3) is 3.92. The van der Waals surface area contributed by atoms with Gasteiger partial charge in [-0.1, -0.05) is 13.8 Å². The minimum atomic E-state index is -0.852. The van der Waals surface area contributed by atoms with Crippen LogP contribution in [0.2, 0.25) is 0 Å². The first-order valence-corrected chi connectivity index (χ1v) is 8.24. The summed E-state index contributed by atoms with van der Waals surface area (Å²) in [6, 6.07) is 0.225. The van der Waals surface area contributed by atoms with Gasteiger partial charge in [0.2, 0.25) is 5.91 Å². The van der Waals surface area contributed by atoms with Crippen molar-refractivity contribution in [2.24, 2.45) is 18.9 Å². The topological polar surface area (TPSA) is 75.4 Å². The fraction of sp³-hybridized carbons (Fsp3) is 0.706. The summed E-state index contributed by atoms with van der Waals surface area (Å²) in [6.07, 6.45) is 2.61. The van der Waals surface area contributed by atoms with E-state index in [0.717, 1.165) is 29.8 Å². The van der Waals surface area contributed by atoms with Crippen LogP contribution in [-0.4, -0.2) is 44.3 Å². The lowest BCUT2D eigenvalue weighted by Crippen LogP contribution is -2.41. The summed E-state index contributed by atoms with van der Waals surface area (Å²) in [5, 5.41) is 13.5. The normalized spacial score (nSPS) is 16.9. The molecule has 0 spiro atoms. The van der Waals surface area contributed by atoms with Crippen LogP contribution >= 0.6 is 0 Å². The first-order valence-electron chi connectivity index (χ1n) is 8.24. The zero-order chi connectivity index (χ0) is 17.3. The van der Waals surface area contributed by atoms with Crippen molar-refractivity contribution in [2.75, 3.05) is 6.54 Å². The van der Waals surface area contributed by atoms with Crippen LogP contribution in [0, 0.1) is 25.7 Å². The number of amides is 1. The second-order valence-electron chi connectivity index (χ2n) is 6.84. The molecule has 1 amide bonds. The lowest BCUT2D eigenvalue weighted by Gasteiger charge is -2.27. The Morgan fingerprint density at radius 2 is 1.91 bits per heavy atom. The number of hydrogen-bond donors (Lipinski definition) is 1. The molecule has 0 bridgehead atoms. The lowest BCUT2D eigenvalue weighted by molar-refractivity contribution is -0.144. The van der Waals surface area contributed by atoms with E-state index in [1.54, 1.807) is 11.8 Å². The summed E-state index contributed by atoms with van der Waals surface area (Å²) in [5.41, 5.74) is 3.16. The first kappa shape index (κ1) is 17.5.